The zero-order chi connectivity index (χ0) is 8.97. The van der Waals surface area contributed by atoms with Crippen LogP contribution in [0.2, 0.25) is 0 Å². The highest BCUT2D eigenvalue weighted by Crippen LogP contribution is 2.15. The second-order valence-corrected chi connectivity index (χ2v) is 2.25. The first-order valence-electron chi connectivity index (χ1n) is 3.64. The molecule has 4 nitrogen and oxygen atoms in total. The fourth-order valence-electron chi connectivity index (χ4n) is 0.861. The van der Waals surface area contributed by atoms with Crippen molar-refractivity contribution in [1.82, 2.24) is 0 Å². The maximum absolute atomic E-state index is 10.3. The summed E-state index contributed by atoms with van der Waals surface area (Å²) in [6.07, 6.45) is 0. The summed E-state index contributed by atoms with van der Waals surface area (Å²) in [5.41, 5.74) is 0.747. The van der Waals surface area contributed by atoms with E-state index in [-0.39, 0.29) is 5.69 Å². The quantitative estimate of drug-likeness (QED) is 0.549. The average Bonchev–Trinajstić information content (AvgIpc) is 2.05. The van der Waals surface area contributed by atoms with Gasteiger partial charge in [-0.2, -0.15) is 0 Å². The van der Waals surface area contributed by atoms with Crippen LogP contribution in [0.3, 0.4) is 0 Å². The molecule has 1 aromatic carbocycles. The van der Waals surface area contributed by atoms with Gasteiger partial charge in [0.15, 0.2) is 0 Å². The molecule has 0 aliphatic carbocycles. The average molecular weight is 165 g/mol. The lowest BCUT2D eigenvalue weighted by Gasteiger charge is -2.00. The molecule has 0 aliphatic heterocycles. The van der Waals surface area contributed by atoms with Crippen LogP contribution >= 0.6 is 0 Å². The van der Waals surface area contributed by atoms with E-state index in [0.717, 1.165) is 6.54 Å². The Balaban J connectivity index is 2.88. The lowest BCUT2D eigenvalue weighted by molar-refractivity contribution is -0.384. The van der Waals surface area contributed by atoms with E-state index in [1.807, 2.05) is 6.92 Å². The van der Waals surface area contributed by atoms with Crippen molar-refractivity contribution < 1.29 is 4.92 Å². The normalized spacial score (nSPS) is 9.42. The molecule has 0 unspecified atom stereocenters. The topological polar surface area (TPSA) is 55.2 Å². The van der Waals surface area contributed by atoms with Gasteiger partial charge in [-0.05, 0) is 13.0 Å². The van der Waals surface area contributed by atoms with Crippen molar-refractivity contribution in [3.05, 3.63) is 34.4 Å². The summed E-state index contributed by atoms with van der Waals surface area (Å²) in [7, 11) is 0. The lowest BCUT2D eigenvalue weighted by atomic mass is 10.3. The molecule has 0 bridgehead atoms. The third-order valence-electron chi connectivity index (χ3n) is 1.36. The third kappa shape index (κ3) is 1.95. The number of nitro benzene ring substituents is 1. The van der Waals surface area contributed by atoms with Crippen LogP contribution in [0.5, 0.6) is 0 Å². The molecule has 0 aromatic heterocycles. The molecule has 1 rings (SSSR count). The number of benzene rings is 1. The summed E-state index contributed by atoms with van der Waals surface area (Å²) in [4.78, 5) is 9.90. The van der Waals surface area contributed by atoms with Gasteiger partial charge in [-0.25, -0.2) is 0 Å². The van der Waals surface area contributed by atoms with Gasteiger partial charge in [0.25, 0.3) is 5.69 Å². The summed E-state index contributed by atoms with van der Waals surface area (Å²) in [6.45, 7) is 2.66. The summed E-state index contributed by atoms with van der Waals surface area (Å²) in [5, 5.41) is 13.3. The number of nitrogens with zero attached hydrogens (tertiary/aromatic N) is 1. The van der Waals surface area contributed by atoms with Gasteiger partial charge in [-0.3, -0.25) is 10.1 Å². The largest absolute Gasteiger partial charge is 0.385 e. The van der Waals surface area contributed by atoms with Crippen molar-refractivity contribution in [1.29, 1.82) is 0 Å². The van der Waals surface area contributed by atoms with Crippen LogP contribution in [-0.2, 0) is 0 Å². The SMILES string of the molecule is CCNc1[c]ccc([N+](=O)[O-])c1. The van der Waals surface area contributed by atoms with E-state index in [9.17, 15) is 10.1 Å². The fraction of sp³-hybridized carbons (Fsp3) is 0.250. The molecule has 1 N–H and O–H groups in total. The molecule has 0 atom stereocenters. The molecule has 4 heteroatoms. The Morgan fingerprint density at radius 1 is 1.75 bits per heavy atom. The Kier molecular flexibility index (Phi) is 2.63. The molecule has 0 spiro atoms. The fourth-order valence-corrected chi connectivity index (χ4v) is 0.861. The molecule has 12 heavy (non-hydrogen) atoms. The van der Waals surface area contributed by atoms with E-state index in [1.54, 1.807) is 0 Å². The molecule has 0 amide bonds. The molecule has 1 radical (unpaired) electrons. The number of nitro groups is 1. The Bertz CT molecular complexity index is 286. The number of nitrogens with one attached hydrogen (secondary N) is 1. The zero-order valence-electron chi connectivity index (χ0n) is 6.70. The lowest BCUT2D eigenvalue weighted by Crippen LogP contribution is -1.97. The second-order valence-electron chi connectivity index (χ2n) is 2.25. The van der Waals surface area contributed by atoms with Gasteiger partial charge in [-0.15, -0.1) is 0 Å². The smallest absolute Gasteiger partial charge is 0.271 e. The summed E-state index contributed by atoms with van der Waals surface area (Å²) in [5.74, 6) is 0. The van der Waals surface area contributed by atoms with E-state index in [4.69, 9.17) is 0 Å². The Morgan fingerprint density at radius 2 is 2.50 bits per heavy atom. The maximum atomic E-state index is 10.3. The minimum atomic E-state index is -0.422. The number of hydrogen-bond donors (Lipinski definition) is 1. The van der Waals surface area contributed by atoms with Crippen molar-refractivity contribution in [2.75, 3.05) is 11.9 Å². The van der Waals surface area contributed by atoms with Crippen LogP contribution in [0, 0.1) is 16.2 Å². The van der Waals surface area contributed by atoms with Gasteiger partial charge in [0, 0.05) is 30.4 Å². The van der Waals surface area contributed by atoms with E-state index in [2.05, 4.69) is 11.4 Å². The molecule has 0 aliphatic rings. The molecule has 0 saturated heterocycles. The summed E-state index contributed by atoms with van der Waals surface area (Å²) >= 11 is 0. The van der Waals surface area contributed by atoms with Gasteiger partial charge >= 0.3 is 0 Å². The van der Waals surface area contributed by atoms with E-state index in [0.29, 0.717) is 5.69 Å². The van der Waals surface area contributed by atoms with Crippen molar-refractivity contribution in [3.63, 3.8) is 0 Å². The van der Waals surface area contributed by atoms with Crippen LogP contribution in [0.15, 0.2) is 18.2 Å². The molecule has 0 saturated carbocycles. The number of anilines is 1. The van der Waals surface area contributed by atoms with E-state index in [1.165, 1.54) is 18.2 Å². The first kappa shape index (κ1) is 8.52. The Labute approximate surface area is 70.4 Å². The van der Waals surface area contributed by atoms with Crippen LogP contribution in [0.4, 0.5) is 11.4 Å². The minimum absolute atomic E-state index is 0.0877. The van der Waals surface area contributed by atoms with Crippen molar-refractivity contribution in [2.45, 2.75) is 6.92 Å². The van der Waals surface area contributed by atoms with Gasteiger partial charge in [0.05, 0.1) is 4.92 Å². The molecule has 0 heterocycles. The Morgan fingerprint density at radius 3 is 3.08 bits per heavy atom. The van der Waals surface area contributed by atoms with Crippen LogP contribution in [0.1, 0.15) is 6.92 Å². The molecular formula is C8H9N2O2. The van der Waals surface area contributed by atoms with Crippen molar-refractivity contribution in [2.24, 2.45) is 0 Å². The summed E-state index contributed by atoms with van der Waals surface area (Å²) in [6, 6.07) is 7.27. The van der Waals surface area contributed by atoms with Gasteiger partial charge in [-0.1, -0.05) is 0 Å². The molecule has 63 valence electrons. The molecular weight excluding hydrogens is 156 g/mol. The van der Waals surface area contributed by atoms with Crippen LogP contribution in [0.25, 0.3) is 0 Å². The van der Waals surface area contributed by atoms with Crippen molar-refractivity contribution in [3.8, 4) is 0 Å². The highest BCUT2D eigenvalue weighted by atomic mass is 16.6. The highest BCUT2D eigenvalue weighted by Gasteiger charge is 2.04. The maximum Gasteiger partial charge on any atom is 0.271 e. The first-order chi connectivity index (χ1) is 5.74. The zero-order valence-corrected chi connectivity index (χ0v) is 6.70. The van der Waals surface area contributed by atoms with Crippen LogP contribution < -0.4 is 5.32 Å². The van der Waals surface area contributed by atoms with Gasteiger partial charge in [0.2, 0.25) is 0 Å². The second kappa shape index (κ2) is 3.71. The van der Waals surface area contributed by atoms with Gasteiger partial charge in [0.1, 0.15) is 0 Å². The monoisotopic (exact) mass is 165 g/mol. The summed E-state index contributed by atoms with van der Waals surface area (Å²) < 4.78 is 0. The van der Waals surface area contributed by atoms with E-state index < -0.39 is 4.92 Å². The van der Waals surface area contributed by atoms with Gasteiger partial charge < -0.3 is 5.32 Å². The predicted molar refractivity (Wildman–Crippen MR) is 46.1 cm³/mol. The predicted octanol–water partition coefficient (Wildman–Crippen LogP) is 1.83. The van der Waals surface area contributed by atoms with E-state index >= 15 is 0 Å². The number of rotatable bonds is 3. The Hall–Kier alpha value is -1.58. The van der Waals surface area contributed by atoms with Crippen LogP contribution in [-0.4, -0.2) is 11.5 Å². The number of non-ortho nitro benzene ring substituents is 1. The molecule has 0 fully saturated rings. The molecule has 1 aromatic rings. The first-order valence-corrected chi connectivity index (χ1v) is 3.64. The van der Waals surface area contributed by atoms with Crippen molar-refractivity contribution >= 4 is 11.4 Å². The third-order valence-corrected chi connectivity index (χ3v) is 1.36. The highest BCUT2D eigenvalue weighted by molar-refractivity contribution is 5.49. The number of hydrogen-bond acceptors (Lipinski definition) is 3. The minimum Gasteiger partial charge on any atom is -0.385 e. The standard InChI is InChI=1S/C8H9N2O2/c1-2-9-7-4-3-5-8(6-7)10(11)12/h3,5-6,9H,2H2,1H3.